The van der Waals surface area contributed by atoms with Crippen LogP contribution in [0, 0.1) is 5.41 Å². The Bertz CT molecular complexity index is 897. The first kappa shape index (κ1) is 14.5. The second-order valence-electron chi connectivity index (χ2n) is 6.98. The number of H-pyrrole nitrogens is 1. The molecule has 1 aliphatic heterocycles. The molecule has 0 radical (unpaired) electrons. The van der Waals surface area contributed by atoms with Gasteiger partial charge < -0.3 is 9.32 Å². The molecule has 1 aliphatic carbocycles. The number of hydrogen-bond acceptors (Lipinski definition) is 4. The molecule has 1 amide bonds. The normalized spacial score (nSPS) is 21.0. The number of carbonyl (C=O) groups is 1. The Morgan fingerprint density at radius 3 is 2.92 bits per heavy atom. The van der Waals surface area contributed by atoms with E-state index in [1.807, 2.05) is 29.3 Å². The lowest BCUT2D eigenvalue weighted by atomic mass is 9.56. The molecule has 3 aromatic heterocycles. The molecule has 2 aliphatic rings. The summed E-state index contributed by atoms with van der Waals surface area (Å²) in [6, 6.07) is 9.51. The summed E-state index contributed by atoms with van der Waals surface area (Å²) < 4.78 is 5.36. The van der Waals surface area contributed by atoms with Crippen molar-refractivity contribution in [2.45, 2.75) is 25.3 Å². The highest BCUT2D eigenvalue weighted by atomic mass is 16.3. The van der Waals surface area contributed by atoms with Crippen molar-refractivity contribution in [2.75, 3.05) is 6.54 Å². The zero-order chi connectivity index (χ0) is 16.9. The lowest BCUT2D eigenvalue weighted by Gasteiger charge is -2.62. The predicted octanol–water partition coefficient (Wildman–Crippen LogP) is 3.43. The molecule has 1 unspecified atom stereocenters. The Hall–Kier alpha value is -2.89. The lowest BCUT2D eigenvalue weighted by Crippen LogP contribution is -2.63. The number of rotatable bonds is 3. The first-order chi connectivity index (χ1) is 12.3. The van der Waals surface area contributed by atoms with E-state index in [0.717, 1.165) is 12.1 Å². The third kappa shape index (κ3) is 2.13. The summed E-state index contributed by atoms with van der Waals surface area (Å²) in [5.74, 6) is 0.634. The third-order valence-corrected chi connectivity index (χ3v) is 5.57. The second kappa shape index (κ2) is 5.31. The zero-order valence-corrected chi connectivity index (χ0v) is 13.7. The number of aromatic amines is 1. The average molecular weight is 334 g/mol. The summed E-state index contributed by atoms with van der Waals surface area (Å²) in [6.45, 7) is 0.800. The molecule has 6 nitrogen and oxygen atoms in total. The van der Waals surface area contributed by atoms with Gasteiger partial charge in [0.15, 0.2) is 11.5 Å². The van der Waals surface area contributed by atoms with Gasteiger partial charge in [-0.3, -0.25) is 14.9 Å². The highest BCUT2D eigenvalue weighted by Crippen LogP contribution is 2.60. The molecule has 1 atom stereocenters. The fourth-order valence-corrected chi connectivity index (χ4v) is 4.19. The summed E-state index contributed by atoms with van der Waals surface area (Å²) in [4.78, 5) is 19.2. The van der Waals surface area contributed by atoms with E-state index in [9.17, 15) is 4.79 Å². The summed E-state index contributed by atoms with van der Waals surface area (Å²) >= 11 is 0. The molecule has 3 aromatic rings. The number of nitrogens with one attached hydrogen (secondary N) is 1. The van der Waals surface area contributed by atoms with Crippen molar-refractivity contribution in [3.05, 3.63) is 60.2 Å². The number of amides is 1. The Morgan fingerprint density at radius 1 is 1.32 bits per heavy atom. The molecule has 1 spiro atoms. The van der Waals surface area contributed by atoms with Crippen LogP contribution in [0.5, 0.6) is 0 Å². The second-order valence-corrected chi connectivity index (χ2v) is 6.98. The number of hydrogen-bond donors (Lipinski definition) is 1. The highest BCUT2D eigenvalue weighted by molar-refractivity contribution is 5.94. The molecule has 2 fully saturated rings. The molecule has 0 aromatic carbocycles. The van der Waals surface area contributed by atoms with E-state index in [1.165, 1.54) is 19.3 Å². The van der Waals surface area contributed by atoms with E-state index < -0.39 is 0 Å². The predicted molar refractivity (Wildman–Crippen MR) is 90.6 cm³/mol. The molecule has 5 rings (SSSR count). The lowest BCUT2D eigenvalue weighted by molar-refractivity contribution is -0.105. The monoisotopic (exact) mass is 334 g/mol. The average Bonchev–Trinajstić information content (AvgIpc) is 3.25. The Balaban J connectivity index is 1.43. The van der Waals surface area contributed by atoms with Crippen LogP contribution in [-0.2, 0) is 0 Å². The van der Waals surface area contributed by atoms with Crippen LogP contribution in [0.3, 0.4) is 0 Å². The van der Waals surface area contributed by atoms with Gasteiger partial charge in [-0.15, -0.1) is 0 Å². The zero-order valence-electron chi connectivity index (χ0n) is 13.7. The van der Waals surface area contributed by atoms with Gasteiger partial charge in [-0.2, -0.15) is 5.10 Å². The molecule has 1 N–H and O–H groups in total. The van der Waals surface area contributed by atoms with Crippen LogP contribution in [0.2, 0.25) is 0 Å². The minimum Gasteiger partial charge on any atom is -0.463 e. The number of carbonyl (C=O) groups excluding carboxylic acids is 1. The first-order valence-electron chi connectivity index (χ1n) is 8.57. The summed E-state index contributed by atoms with van der Waals surface area (Å²) in [7, 11) is 0. The number of likely N-dealkylation sites (tertiary alicyclic amines) is 1. The van der Waals surface area contributed by atoms with Gasteiger partial charge in [0, 0.05) is 30.4 Å². The van der Waals surface area contributed by atoms with E-state index in [1.54, 1.807) is 18.5 Å². The van der Waals surface area contributed by atoms with Crippen molar-refractivity contribution in [3.8, 4) is 11.5 Å². The number of pyridine rings is 1. The van der Waals surface area contributed by atoms with Gasteiger partial charge in [0.25, 0.3) is 5.91 Å². The van der Waals surface area contributed by atoms with Crippen molar-refractivity contribution in [1.82, 2.24) is 20.1 Å². The van der Waals surface area contributed by atoms with Gasteiger partial charge in [0.05, 0.1) is 12.3 Å². The maximum Gasteiger partial charge on any atom is 0.274 e. The van der Waals surface area contributed by atoms with Gasteiger partial charge in [-0.05, 0) is 36.6 Å². The van der Waals surface area contributed by atoms with Crippen LogP contribution in [0.15, 0.2) is 53.4 Å². The van der Waals surface area contributed by atoms with E-state index in [4.69, 9.17) is 4.42 Å². The summed E-state index contributed by atoms with van der Waals surface area (Å²) in [5.41, 5.74) is 2.49. The van der Waals surface area contributed by atoms with Crippen molar-refractivity contribution >= 4 is 5.91 Å². The van der Waals surface area contributed by atoms with E-state index in [2.05, 4.69) is 21.2 Å². The molecule has 0 bridgehead atoms. The van der Waals surface area contributed by atoms with Crippen LogP contribution in [0.4, 0.5) is 0 Å². The molecule has 6 heteroatoms. The summed E-state index contributed by atoms with van der Waals surface area (Å²) in [5, 5.41) is 7.09. The van der Waals surface area contributed by atoms with Gasteiger partial charge in [0.1, 0.15) is 5.69 Å². The molecular formula is C19H18N4O2. The molecule has 1 saturated heterocycles. The molecule has 1 saturated carbocycles. The molecule has 4 heterocycles. The van der Waals surface area contributed by atoms with E-state index >= 15 is 0 Å². The maximum absolute atomic E-state index is 13.0. The largest absolute Gasteiger partial charge is 0.463 e. The third-order valence-electron chi connectivity index (χ3n) is 5.57. The Morgan fingerprint density at radius 2 is 2.24 bits per heavy atom. The van der Waals surface area contributed by atoms with E-state index in [-0.39, 0.29) is 17.4 Å². The quantitative estimate of drug-likeness (QED) is 0.796. The Labute approximate surface area is 144 Å². The van der Waals surface area contributed by atoms with Crippen LogP contribution >= 0.6 is 0 Å². The van der Waals surface area contributed by atoms with Gasteiger partial charge in [-0.25, -0.2) is 0 Å². The van der Waals surface area contributed by atoms with Crippen LogP contribution in [-0.4, -0.2) is 32.5 Å². The minimum atomic E-state index is -0.0413. The summed E-state index contributed by atoms with van der Waals surface area (Å²) in [6.07, 6.45) is 8.84. The maximum atomic E-state index is 13.0. The SMILES string of the molecule is O=C(c1cc(-c2ccco2)[nH]n1)N1CC2(CCC2)C1c1cccnc1. The molecular weight excluding hydrogens is 316 g/mol. The van der Waals surface area contributed by atoms with Crippen LogP contribution in [0.1, 0.15) is 41.4 Å². The highest BCUT2D eigenvalue weighted by Gasteiger charge is 2.58. The van der Waals surface area contributed by atoms with Crippen molar-refractivity contribution in [1.29, 1.82) is 0 Å². The van der Waals surface area contributed by atoms with Crippen molar-refractivity contribution in [3.63, 3.8) is 0 Å². The van der Waals surface area contributed by atoms with Crippen molar-refractivity contribution < 1.29 is 9.21 Å². The number of aromatic nitrogens is 3. The molecule has 25 heavy (non-hydrogen) atoms. The van der Waals surface area contributed by atoms with Gasteiger partial charge in [-0.1, -0.05) is 12.5 Å². The van der Waals surface area contributed by atoms with Crippen LogP contribution < -0.4 is 0 Å². The van der Waals surface area contributed by atoms with Gasteiger partial charge >= 0.3 is 0 Å². The standard InChI is InChI=1S/C19H18N4O2/c24-18(15-10-14(21-22-15)16-5-2-9-25-16)23-12-19(6-3-7-19)17(23)13-4-1-8-20-11-13/h1-2,4-5,8-11,17H,3,6-7,12H2,(H,21,22). The number of nitrogens with zero attached hydrogens (tertiary/aromatic N) is 3. The van der Waals surface area contributed by atoms with E-state index in [0.29, 0.717) is 17.1 Å². The first-order valence-corrected chi connectivity index (χ1v) is 8.57. The fourth-order valence-electron chi connectivity index (χ4n) is 4.19. The Kier molecular flexibility index (Phi) is 3.07. The topological polar surface area (TPSA) is 75.0 Å². The van der Waals surface area contributed by atoms with Gasteiger partial charge in [0.2, 0.25) is 0 Å². The number of furan rings is 1. The minimum absolute atomic E-state index is 0.0413. The molecule has 126 valence electrons. The fraction of sp³-hybridized carbons (Fsp3) is 0.316. The smallest absolute Gasteiger partial charge is 0.274 e. The van der Waals surface area contributed by atoms with Crippen molar-refractivity contribution in [2.24, 2.45) is 5.41 Å². The van der Waals surface area contributed by atoms with Crippen LogP contribution in [0.25, 0.3) is 11.5 Å².